The molecular formula is C22H21N3O. The van der Waals surface area contributed by atoms with E-state index in [1.54, 1.807) is 6.20 Å². The second-order valence-corrected chi connectivity index (χ2v) is 6.43. The van der Waals surface area contributed by atoms with Gasteiger partial charge < -0.3 is 15.3 Å². The molecule has 0 spiro atoms. The van der Waals surface area contributed by atoms with Gasteiger partial charge in [-0.25, -0.2) is 0 Å². The molecule has 3 aromatic rings. The van der Waals surface area contributed by atoms with Crippen molar-refractivity contribution in [3.8, 4) is 5.75 Å². The van der Waals surface area contributed by atoms with Gasteiger partial charge in [0.05, 0.1) is 6.04 Å². The number of aromatic hydroxyl groups is 1. The molecular weight excluding hydrogens is 322 g/mol. The minimum Gasteiger partial charge on any atom is -0.505 e. The number of hydrogen-bond donors (Lipinski definition) is 2. The van der Waals surface area contributed by atoms with Gasteiger partial charge in [-0.2, -0.15) is 0 Å². The van der Waals surface area contributed by atoms with Crippen molar-refractivity contribution in [2.45, 2.75) is 6.04 Å². The van der Waals surface area contributed by atoms with Crippen LogP contribution in [-0.2, 0) is 0 Å². The van der Waals surface area contributed by atoms with Crippen molar-refractivity contribution in [3.05, 3.63) is 96.0 Å². The number of allylic oxidation sites excluding steroid dienone is 2. The van der Waals surface area contributed by atoms with Gasteiger partial charge in [0.15, 0.2) is 0 Å². The minimum absolute atomic E-state index is 0.178. The van der Waals surface area contributed by atoms with Gasteiger partial charge in [0.1, 0.15) is 17.1 Å². The summed E-state index contributed by atoms with van der Waals surface area (Å²) in [6, 6.07) is 17.8. The molecule has 4 heteroatoms. The van der Waals surface area contributed by atoms with E-state index >= 15 is 0 Å². The molecule has 2 heterocycles. The molecule has 0 saturated heterocycles. The lowest BCUT2D eigenvalue weighted by Gasteiger charge is -2.30. The highest BCUT2D eigenvalue weighted by molar-refractivity contribution is 5.85. The Kier molecular flexibility index (Phi) is 4.32. The molecule has 1 aliphatic rings. The van der Waals surface area contributed by atoms with Gasteiger partial charge in [-0.15, -0.1) is 0 Å². The second kappa shape index (κ2) is 6.92. The molecule has 2 N–H and O–H groups in total. The zero-order valence-electron chi connectivity index (χ0n) is 14.6. The van der Waals surface area contributed by atoms with E-state index in [-0.39, 0.29) is 11.8 Å². The molecule has 1 aromatic heterocycles. The van der Waals surface area contributed by atoms with Gasteiger partial charge in [0.2, 0.25) is 0 Å². The highest BCUT2D eigenvalue weighted by Gasteiger charge is 2.21. The fourth-order valence-electron chi connectivity index (χ4n) is 3.27. The van der Waals surface area contributed by atoms with E-state index in [2.05, 4.69) is 39.5 Å². The number of aromatic nitrogens is 1. The standard InChI is InChI=1S/C22H21N3O/c1-25-15-6-5-11-19(25)24-20(16-8-3-2-4-9-16)18-13-12-17-10-7-14-23-21(17)22(18)26/h2-14,20,24,26H,15H2,1H3. The van der Waals surface area contributed by atoms with E-state index in [4.69, 9.17) is 0 Å². The van der Waals surface area contributed by atoms with E-state index in [0.717, 1.165) is 28.9 Å². The average Bonchev–Trinajstić information content (AvgIpc) is 2.69. The van der Waals surface area contributed by atoms with Crippen LogP contribution in [0.15, 0.2) is 84.8 Å². The van der Waals surface area contributed by atoms with Crippen LogP contribution in [-0.4, -0.2) is 28.6 Å². The second-order valence-electron chi connectivity index (χ2n) is 6.43. The summed E-state index contributed by atoms with van der Waals surface area (Å²) < 4.78 is 0. The van der Waals surface area contributed by atoms with Crippen LogP contribution < -0.4 is 5.32 Å². The molecule has 26 heavy (non-hydrogen) atoms. The van der Waals surface area contributed by atoms with Crippen molar-refractivity contribution in [3.63, 3.8) is 0 Å². The Bertz CT molecular complexity index is 979. The van der Waals surface area contributed by atoms with E-state index < -0.39 is 0 Å². The number of phenolic OH excluding ortho intramolecular Hbond substituents is 1. The third-order valence-electron chi connectivity index (χ3n) is 4.70. The van der Waals surface area contributed by atoms with Crippen LogP contribution >= 0.6 is 0 Å². The third-order valence-corrected chi connectivity index (χ3v) is 4.70. The minimum atomic E-state index is -0.178. The average molecular weight is 343 g/mol. The molecule has 0 radical (unpaired) electrons. The first-order valence-electron chi connectivity index (χ1n) is 8.70. The smallest absolute Gasteiger partial charge is 0.147 e. The number of pyridine rings is 1. The van der Waals surface area contributed by atoms with E-state index in [1.165, 1.54) is 0 Å². The molecule has 4 rings (SSSR count). The molecule has 0 aliphatic carbocycles. The van der Waals surface area contributed by atoms with E-state index in [9.17, 15) is 5.11 Å². The summed E-state index contributed by atoms with van der Waals surface area (Å²) in [5.74, 6) is 1.24. The Balaban J connectivity index is 1.82. The van der Waals surface area contributed by atoms with Crippen LogP contribution in [0.4, 0.5) is 0 Å². The Hall–Kier alpha value is -3.27. The predicted octanol–water partition coefficient (Wildman–Crippen LogP) is 3.96. The molecule has 130 valence electrons. The molecule has 2 aromatic carbocycles. The maximum atomic E-state index is 10.9. The lowest BCUT2D eigenvalue weighted by molar-refractivity contribution is 0.399. The lowest BCUT2D eigenvalue weighted by atomic mass is 9.96. The normalized spacial score (nSPS) is 15.0. The van der Waals surface area contributed by atoms with E-state index in [0.29, 0.717) is 5.52 Å². The van der Waals surface area contributed by atoms with Gasteiger partial charge in [0, 0.05) is 30.7 Å². The fourth-order valence-corrected chi connectivity index (χ4v) is 3.27. The van der Waals surface area contributed by atoms with Crippen molar-refractivity contribution in [2.24, 2.45) is 0 Å². The van der Waals surface area contributed by atoms with Crippen LogP contribution in [0.2, 0.25) is 0 Å². The third kappa shape index (κ3) is 3.02. The number of hydrogen-bond acceptors (Lipinski definition) is 4. The Morgan fingerprint density at radius 3 is 2.73 bits per heavy atom. The molecule has 0 amide bonds. The fraction of sp³-hybridized carbons (Fsp3) is 0.136. The van der Waals surface area contributed by atoms with Gasteiger partial charge in [0.25, 0.3) is 0 Å². The van der Waals surface area contributed by atoms with Crippen molar-refractivity contribution in [1.29, 1.82) is 0 Å². The summed E-state index contributed by atoms with van der Waals surface area (Å²) in [5, 5.41) is 15.4. The SMILES string of the molecule is CN1CC=CC=C1NC(c1ccccc1)c1ccc2cccnc2c1O. The first-order valence-corrected chi connectivity index (χ1v) is 8.70. The first kappa shape index (κ1) is 16.2. The topological polar surface area (TPSA) is 48.4 Å². The van der Waals surface area contributed by atoms with Crippen LogP contribution in [0.25, 0.3) is 10.9 Å². The van der Waals surface area contributed by atoms with Crippen molar-refractivity contribution >= 4 is 10.9 Å². The molecule has 0 fully saturated rings. The van der Waals surface area contributed by atoms with Crippen LogP contribution in [0.1, 0.15) is 17.2 Å². The largest absolute Gasteiger partial charge is 0.505 e. The highest BCUT2D eigenvalue weighted by atomic mass is 16.3. The van der Waals surface area contributed by atoms with Crippen molar-refractivity contribution in [2.75, 3.05) is 13.6 Å². The number of benzene rings is 2. The number of fused-ring (bicyclic) bond motifs is 1. The summed E-state index contributed by atoms with van der Waals surface area (Å²) in [6.45, 7) is 0.853. The van der Waals surface area contributed by atoms with Gasteiger partial charge >= 0.3 is 0 Å². The van der Waals surface area contributed by atoms with Crippen molar-refractivity contribution in [1.82, 2.24) is 15.2 Å². The summed E-state index contributed by atoms with van der Waals surface area (Å²) in [6.07, 6.45) is 7.92. The molecule has 0 bridgehead atoms. The number of nitrogens with one attached hydrogen (secondary N) is 1. The molecule has 1 aliphatic heterocycles. The molecule has 1 unspecified atom stereocenters. The monoisotopic (exact) mass is 343 g/mol. The zero-order valence-corrected chi connectivity index (χ0v) is 14.6. The maximum Gasteiger partial charge on any atom is 0.147 e. The van der Waals surface area contributed by atoms with Gasteiger partial charge in [-0.1, -0.05) is 60.7 Å². The lowest BCUT2D eigenvalue weighted by Crippen LogP contribution is -2.33. The molecule has 1 atom stereocenters. The van der Waals surface area contributed by atoms with Crippen LogP contribution in [0.5, 0.6) is 5.75 Å². The van der Waals surface area contributed by atoms with E-state index in [1.807, 2.05) is 55.6 Å². The first-order chi connectivity index (χ1) is 12.7. The summed E-state index contributed by atoms with van der Waals surface area (Å²) >= 11 is 0. The molecule has 4 nitrogen and oxygen atoms in total. The predicted molar refractivity (Wildman–Crippen MR) is 105 cm³/mol. The maximum absolute atomic E-state index is 10.9. The van der Waals surface area contributed by atoms with Gasteiger partial charge in [-0.05, 0) is 17.7 Å². The van der Waals surface area contributed by atoms with Gasteiger partial charge in [-0.3, -0.25) is 4.98 Å². The summed E-state index contributed by atoms with van der Waals surface area (Å²) in [5.41, 5.74) is 2.52. The van der Waals surface area contributed by atoms with Crippen LogP contribution in [0, 0.1) is 0 Å². The number of phenols is 1. The Morgan fingerprint density at radius 2 is 1.92 bits per heavy atom. The quantitative estimate of drug-likeness (QED) is 0.753. The number of rotatable bonds is 4. The highest BCUT2D eigenvalue weighted by Crippen LogP contribution is 2.35. The molecule has 0 saturated carbocycles. The summed E-state index contributed by atoms with van der Waals surface area (Å²) in [4.78, 5) is 6.51. The Morgan fingerprint density at radius 1 is 1.08 bits per heavy atom. The van der Waals surface area contributed by atoms with Crippen molar-refractivity contribution < 1.29 is 5.11 Å². The Labute approximate surface area is 153 Å². The number of nitrogens with zero attached hydrogens (tertiary/aromatic N) is 2. The number of likely N-dealkylation sites (N-methyl/N-ethyl adjacent to an activating group) is 1. The zero-order chi connectivity index (χ0) is 17.9. The summed E-state index contributed by atoms with van der Waals surface area (Å²) in [7, 11) is 2.05. The van der Waals surface area contributed by atoms with Crippen LogP contribution in [0.3, 0.4) is 0 Å².